The monoisotopic (exact) mass is 282 g/mol. The molecule has 0 amide bonds. The average Bonchev–Trinajstić information content (AvgIpc) is 2.54. The molecule has 0 fully saturated rings. The average molecular weight is 282 g/mol. The molecule has 0 aromatic heterocycles. The predicted molar refractivity (Wildman–Crippen MR) is 82.6 cm³/mol. The number of nitrogens with one attached hydrogen (secondary N) is 1. The van der Waals surface area contributed by atoms with Gasteiger partial charge in [0.05, 0.1) is 25.3 Å². The van der Waals surface area contributed by atoms with Crippen molar-refractivity contribution < 1.29 is 9.47 Å². The van der Waals surface area contributed by atoms with Crippen molar-refractivity contribution in [1.29, 1.82) is 5.26 Å². The minimum Gasteiger partial charge on any atom is -0.496 e. The Kier molecular flexibility index (Phi) is 5.05. The summed E-state index contributed by atoms with van der Waals surface area (Å²) in [6, 6.07) is 15.3. The lowest BCUT2D eigenvalue weighted by molar-refractivity contribution is 0.340. The van der Waals surface area contributed by atoms with Gasteiger partial charge in [0.15, 0.2) is 0 Å². The number of nitriles is 1. The summed E-state index contributed by atoms with van der Waals surface area (Å²) in [6.45, 7) is 3.21. The van der Waals surface area contributed by atoms with Crippen LogP contribution in [0.15, 0.2) is 42.5 Å². The highest BCUT2D eigenvalue weighted by Gasteiger charge is 2.04. The van der Waals surface area contributed by atoms with Crippen LogP contribution in [0.25, 0.3) is 0 Å². The Labute approximate surface area is 124 Å². The first-order valence-corrected chi connectivity index (χ1v) is 6.80. The molecule has 0 aliphatic heterocycles. The van der Waals surface area contributed by atoms with Crippen molar-refractivity contribution in [1.82, 2.24) is 0 Å². The lowest BCUT2D eigenvalue weighted by Gasteiger charge is -2.11. The van der Waals surface area contributed by atoms with E-state index in [1.165, 1.54) is 0 Å². The van der Waals surface area contributed by atoms with Gasteiger partial charge in [0.1, 0.15) is 11.5 Å². The van der Waals surface area contributed by atoms with Crippen molar-refractivity contribution in [3.8, 4) is 17.6 Å². The Morgan fingerprint density at radius 2 is 1.90 bits per heavy atom. The predicted octanol–water partition coefficient (Wildman–Crippen LogP) is 3.58. The molecule has 0 spiro atoms. The van der Waals surface area contributed by atoms with Gasteiger partial charge in [0, 0.05) is 17.8 Å². The van der Waals surface area contributed by atoms with Crippen LogP contribution in [0.1, 0.15) is 18.1 Å². The van der Waals surface area contributed by atoms with Crippen LogP contribution in [-0.2, 0) is 6.54 Å². The van der Waals surface area contributed by atoms with Gasteiger partial charge in [-0.15, -0.1) is 0 Å². The Bertz CT molecular complexity index is 630. The summed E-state index contributed by atoms with van der Waals surface area (Å²) in [4.78, 5) is 0. The summed E-state index contributed by atoms with van der Waals surface area (Å²) < 4.78 is 10.7. The second kappa shape index (κ2) is 7.20. The van der Waals surface area contributed by atoms with Gasteiger partial charge < -0.3 is 14.8 Å². The second-order valence-electron chi connectivity index (χ2n) is 4.45. The zero-order valence-electron chi connectivity index (χ0n) is 12.2. The van der Waals surface area contributed by atoms with E-state index in [0.29, 0.717) is 18.7 Å². The molecule has 108 valence electrons. The van der Waals surface area contributed by atoms with Crippen LogP contribution in [0, 0.1) is 11.3 Å². The number of rotatable bonds is 6. The molecule has 0 saturated heterocycles. The topological polar surface area (TPSA) is 54.3 Å². The molecule has 1 N–H and O–H groups in total. The van der Waals surface area contributed by atoms with Crippen molar-refractivity contribution in [2.45, 2.75) is 13.5 Å². The van der Waals surface area contributed by atoms with Gasteiger partial charge in [0.25, 0.3) is 0 Å². The first-order valence-electron chi connectivity index (χ1n) is 6.80. The van der Waals surface area contributed by atoms with E-state index in [1.807, 2.05) is 43.3 Å². The highest BCUT2D eigenvalue weighted by Crippen LogP contribution is 2.22. The fourth-order valence-corrected chi connectivity index (χ4v) is 2.02. The van der Waals surface area contributed by atoms with E-state index in [4.69, 9.17) is 14.7 Å². The fourth-order valence-electron chi connectivity index (χ4n) is 2.02. The van der Waals surface area contributed by atoms with Crippen LogP contribution < -0.4 is 14.8 Å². The summed E-state index contributed by atoms with van der Waals surface area (Å²) in [5.74, 6) is 1.62. The maximum atomic E-state index is 8.97. The molecular weight excluding hydrogens is 264 g/mol. The smallest absolute Gasteiger partial charge is 0.123 e. The van der Waals surface area contributed by atoms with Crippen molar-refractivity contribution in [2.24, 2.45) is 0 Å². The van der Waals surface area contributed by atoms with Gasteiger partial charge in [-0.05, 0) is 49.4 Å². The van der Waals surface area contributed by atoms with Crippen molar-refractivity contribution in [2.75, 3.05) is 19.0 Å². The fraction of sp³-hybridized carbons (Fsp3) is 0.235. The lowest BCUT2D eigenvalue weighted by Crippen LogP contribution is -2.02. The lowest BCUT2D eigenvalue weighted by atomic mass is 10.1. The first-order chi connectivity index (χ1) is 10.3. The quantitative estimate of drug-likeness (QED) is 0.880. The van der Waals surface area contributed by atoms with Gasteiger partial charge in [-0.2, -0.15) is 5.26 Å². The molecule has 4 heteroatoms. The summed E-state index contributed by atoms with van der Waals surface area (Å²) in [5, 5.41) is 12.3. The number of hydrogen-bond acceptors (Lipinski definition) is 4. The van der Waals surface area contributed by atoms with Gasteiger partial charge in [-0.1, -0.05) is 0 Å². The molecular formula is C17H18N2O2. The first kappa shape index (κ1) is 14.7. The maximum Gasteiger partial charge on any atom is 0.123 e. The van der Waals surface area contributed by atoms with Crippen LogP contribution in [0.2, 0.25) is 0 Å². The molecule has 0 heterocycles. The van der Waals surface area contributed by atoms with E-state index in [2.05, 4.69) is 11.4 Å². The van der Waals surface area contributed by atoms with E-state index >= 15 is 0 Å². The largest absolute Gasteiger partial charge is 0.496 e. The number of methoxy groups -OCH3 is 1. The van der Waals surface area contributed by atoms with Crippen LogP contribution in [0.3, 0.4) is 0 Å². The molecule has 2 rings (SSSR count). The van der Waals surface area contributed by atoms with E-state index < -0.39 is 0 Å². The summed E-state index contributed by atoms with van der Waals surface area (Å²) >= 11 is 0. The minimum atomic E-state index is 0.590. The molecule has 0 aliphatic rings. The van der Waals surface area contributed by atoms with Gasteiger partial charge in [-0.3, -0.25) is 0 Å². The summed E-state index contributed by atoms with van der Waals surface area (Å²) in [6.07, 6.45) is 0. The Hall–Kier alpha value is -2.67. The summed E-state index contributed by atoms with van der Waals surface area (Å²) in [5.41, 5.74) is 2.56. The third-order valence-electron chi connectivity index (χ3n) is 3.06. The number of ether oxygens (including phenoxy) is 2. The highest BCUT2D eigenvalue weighted by atomic mass is 16.5. The Balaban J connectivity index is 2.07. The molecule has 4 nitrogen and oxygen atoms in total. The SMILES string of the molecule is CCOc1ccc(NCc2cc(C#N)ccc2OC)cc1. The third-order valence-corrected chi connectivity index (χ3v) is 3.06. The van der Waals surface area contributed by atoms with E-state index in [9.17, 15) is 0 Å². The van der Waals surface area contributed by atoms with Gasteiger partial charge in [0.2, 0.25) is 0 Å². The molecule has 2 aromatic rings. The third kappa shape index (κ3) is 3.90. The Morgan fingerprint density at radius 1 is 1.14 bits per heavy atom. The molecule has 0 aliphatic carbocycles. The van der Waals surface area contributed by atoms with Crippen molar-refractivity contribution >= 4 is 5.69 Å². The van der Waals surface area contributed by atoms with E-state index in [0.717, 1.165) is 22.7 Å². The van der Waals surface area contributed by atoms with Crippen LogP contribution in [-0.4, -0.2) is 13.7 Å². The molecule has 0 saturated carbocycles. The Morgan fingerprint density at radius 3 is 2.52 bits per heavy atom. The molecule has 0 atom stereocenters. The number of nitrogens with zero attached hydrogens (tertiary/aromatic N) is 1. The summed E-state index contributed by atoms with van der Waals surface area (Å²) in [7, 11) is 1.63. The molecule has 21 heavy (non-hydrogen) atoms. The standard InChI is InChI=1S/C17H18N2O2/c1-3-21-16-7-5-15(6-8-16)19-12-14-10-13(11-18)4-9-17(14)20-2/h4-10,19H,3,12H2,1-2H3. The van der Waals surface area contributed by atoms with Gasteiger partial charge >= 0.3 is 0 Å². The van der Waals surface area contributed by atoms with Crippen LogP contribution >= 0.6 is 0 Å². The number of hydrogen-bond donors (Lipinski definition) is 1. The minimum absolute atomic E-state index is 0.590. The highest BCUT2D eigenvalue weighted by molar-refractivity contribution is 5.49. The number of benzene rings is 2. The van der Waals surface area contributed by atoms with Gasteiger partial charge in [-0.25, -0.2) is 0 Å². The van der Waals surface area contributed by atoms with Crippen molar-refractivity contribution in [3.63, 3.8) is 0 Å². The van der Waals surface area contributed by atoms with Crippen molar-refractivity contribution in [3.05, 3.63) is 53.6 Å². The maximum absolute atomic E-state index is 8.97. The molecule has 0 bridgehead atoms. The molecule has 0 unspecified atom stereocenters. The van der Waals surface area contributed by atoms with Crippen LogP contribution in [0.4, 0.5) is 5.69 Å². The van der Waals surface area contributed by atoms with Crippen LogP contribution in [0.5, 0.6) is 11.5 Å². The van der Waals surface area contributed by atoms with E-state index in [-0.39, 0.29) is 0 Å². The zero-order valence-corrected chi connectivity index (χ0v) is 12.2. The van der Waals surface area contributed by atoms with E-state index in [1.54, 1.807) is 13.2 Å². The molecule has 2 aromatic carbocycles. The molecule has 0 radical (unpaired) electrons. The normalized spacial score (nSPS) is 9.76. The zero-order chi connectivity index (χ0) is 15.1. The second-order valence-corrected chi connectivity index (χ2v) is 4.45. The number of anilines is 1.